The lowest BCUT2D eigenvalue weighted by Crippen LogP contribution is -2.30. The van der Waals surface area contributed by atoms with Crippen LogP contribution < -0.4 is 16.6 Å². The Labute approximate surface area is 125 Å². The molecule has 0 aliphatic rings. The molecular formula is C15H22N6. The van der Waals surface area contributed by atoms with Gasteiger partial charge in [0.05, 0.1) is 0 Å². The molecule has 0 saturated heterocycles. The highest BCUT2D eigenvalue weighted by molar-refractivity contribution is 5.61. The molecular weight excluding hydrogens is 264 g/mol. The van der Waals surface area contributed by atoms with E-state index in [4.69, 9.17) is 5.84 Å². The van der Waals surface area contributed by atoms with Crippen LogP contribution in [0.4, 0.5) is 11.6 Å². The van der Waals surface area contributed by atoms with Crippen molar-refractivity contribution in [2.75, 3.05) is 31.4 Å². The van der Waals surface area contributed by atoms with Gasteiger partial charge in [-0.25, -0.2) is 15.8 Å². The van der Waals surface area contributed by atoms with Crippen LogP contribution in [0.5, 0.6) is 0 Å². The van der Waals surface area contributed by atoms with E-state index in [1.807, 2.05) is 44.4 Å². The number of nitrogens with two attached hydrogens (primary N) is 1. The summed E-state index contributed by atoms with van der Waals surface area (Å²) in [5.41, 5.74) is 3.55. The number of rotatable bonds is 6. The van der Waals surface area contributed by atoms with E-state index in [9.17, 15) is 0 Å². The number of nitrogens with zero attached hydrogens (tertiary/aromatic N) is 3. The van der Waals surface area contributed by atoms with Gasteiger partial charge in [0.1, 0.15) is 11.6 Å². The Morgan fingerprint density at radius 2 is 1.81 bits per heavy atom. The normalized spacial score (nSPS) is 12.2. The molecule has 0 radical (unpaired) electrons. The van der Waals surface area contributed by atoms with E-state index >= 15 is 0 Å². The predicted octanol–water partition coefficient (Wildman–Crippen LogP) is 1.79. The third kappa shape index (κ3) is 4.40. The van der Waals surface area contributed by atoms with Gasteiger partial charge in [0.2, 0.25) is 0 Å². The van der Waals surface area contributed by atoms with Crippen LogP contribution in [-0.4, -0.2) is 41.5 Å². The van der Waals surface area contributed by atoms with Crippen LogP contribution in [0.25, 0.3) is 11.4 Å². The fourth-order valence-electron chi connectivity index (χ4n) is 2.16. The van der Waals surface area contributed by atoms with Crippen molar-refractivity contribution in [3.05, 3.63) is 36.4 Å². The molecule has 112 valence electrons. The van der Waals surface area contributed by atoms with Gasteiger partial charge in [0, 0.05) is 24.2 Å². The topological polar surface area (TPSA) is 79.1 Å². The van der Waals surface area contributed by atoms with Gasteiger partial charge in [-0.1, -0.05) is 30.3 Å². The number of nitrogen functional groups attached to an aromatic ring is 1. The van der Waals surface area contributed by atoms with Crippen LogP contribution in [0.3, 0.4) is 0 Å². The van der Waals surface area contributed by atoms with Gasteiger partial charge < -0.3 is 15.6 Å². The highest BCUT2D eigenvalue weighted by atomic mass is 15.3. The van der Waals surface area contributed by atoms with E-state index in [1.54, 1.807) is 6.07 Å². The van der Waals surface area contributed by atoms with Crippen molar-refractivity contribution < 1.29 is 0 Å². The highest BCUT2D eigenvalue weighted by Crippen LogP contribution is 2.20. The molecule has 1 unspecified atom stereocenters. The van der Waals surface area contributed by atoms with Crippen molar-refractivity contribution in [1.82, 2.24) is 14.9 Å². The lowest BCUT2D eigenvalue weighted by atomic mass is 10.2. The molecule has 0 fully saturated rings. The minimum atomic E-state index is 0.268. The molecule has 6 heteroatoms. The molecule has 6 nitrogen and oxygen atoms in total. The Balaban J connectivity index is 2.26. The zero-order valence-electron chi connectivity index (χ0n) is 12.7. The second kappa shape index (κ2) is 7.01. The molecule has 1 heterocycles. The average molecular weight is 286 g/mol. The molecule has 0 aliphatic heterocycles. The number of hydrogen-bond donors (Lipinski definition) is 3. The first-order valence-electron chi connectivity index (χ1n) is 6.91. The van der Waals surface area contributed by atoms with E-state index in [0.29, 0.717) is 11.6 Å². The smallest absolute Gasteiger partial charge is 0.163 e. The molecule has 0 amide bonds. The number of aromatic nitrogens is 2. The Morgan fingerprint density at radius 1 is 1.14 bits per heavy atom. The van der Waals surface area contributed by atoms with Crippen molar-refractivity contribution in [2.45, 2.75) is 13.0 Å². The van der Waals surface area contributed by atoms with E-state index in [0.717, 1.165) is 17.9 Å². The zero-order chi connectivity index (χ0) is 15.2. The molecule has 0 bridgehead atoms. The number of likely N-dealkylation sites (N-methyl/N-ethyl adjacent to an activating group) is 1. The molecule has 21 heavy (non-hydrogen) atoms. The van der Waals surface area contributed by atoms with Gasteiger partial charge in [-0.05, 0) is 21.0 Å². The first-order chi connectivity index (χ1) is 10.1. The summed E-state index contributed by atoms with van der Waals surface area (Å²) in [6, 6.07) is 11.9. The molecule has 0 saturated carbocycles. The molecule has 1 atom stereocenters. The molecule has 0 aliphatic carbocycles. The Kier molecular flexibility index (Phi) is 5.08. The van der Waals surface area contributed by atoms with Gasteiger partial charge in [0.15, 0.2) is 5.82 Å². The van der Waals surface area contributed by atoms with Crippen LogP contribution in [0, 0.1) is 0 Å². The van der Waals surface area contributed by atoms with Gasteiger partial charge in [0.25, 0.3) is 0 Å². The number of benzene rings is 1. The van der Waals surface area contributed by atoms with Crippen molar-refractivity contribution in [1.29, 1.82) is 0 Å². The van der Waals surface area contributed by atoms with Crippen LogP contribution in [-0.2, 0) is 0 Å². The summed E-state index contributed by atoms with van der Waals surface area (Å²) in [7, 11) is 4.08. The lowest BCUT2D eigenvalue weighted by Gasteiger charge is -2.19. The number of hydrazine groups is 1. The number of hydrogen-bond acceptors (Lipinski definition) is 6. The van der Waals surface area contributed by atoms with Gasteiger partial charge in [-0.15, -0.1) is 0 Å². The summed E-state index contributed by atoms with van der Waals surface area (Å²) in [6.07, 6.45) is 0. The second-order valence-corrected chi connectivity index (χ2v) is 5.28. The molecule has 1 aromatic heterocycles. The second-order valence-electron chi connectivity index (χ2n) is 5.28. The SMILES string of the molecule is CC(CN(C)C)Nc1cc(NN)nc(-c2ccccc2)n1. The first-order valence-corrected chi connectivity index (χ1v) is 6.91. The predicted molar refractivity (Wildman–Crippen MR) is 86.9 cm³/mol. The van der Waals surface area contributed by atoms with E-state index in [-0.39, 0.29) is 6.04 Å². The lowest BCUT2D eigenvalue weighted by molar-refractivity contribution is 0.392. The average Bonchev–Trinajstić information content (AvgIpc) is 2.46. The van der Waals surface area contributed by atoms with Crippen molar-refractivity contribution in [3.8, 4) is 11.4 Å². The van der Waals surface area contributed by atoms with E-state index < -0.39 is 0 Å². The molecule has 2 aromatic rings. The van der Waals surface area contributed by atoms with Crippen molar-refractivity contribution >= 4 is 11.6 Å². The minimum Gasteiger partial charge on any atom is -0.366 e. The first kappa shape index (κ1) is 15.2. The zero-order valence-corrected chi connectivity index (χ0v) is 12.7. The third-order valence-electron chi connectivity index (χ3n) is 2.94. The van der Waals surface area contributed by atoms with Crippen LogP contribution in [0.1, 0.15) is 6.92 Å². The number of nitrogens with one attached hydrogen (secondary N) is 2. The summed E-state index contributed by atoms with van der Waals surface area (Å²) in [5.74, 6) is 7.49. The van der Waals surface area contributed by atoms with Gasteiger partial charge in [-0.2, -0.15) is 0 Å². The molecule has 4 N–H and O–H groups in total. The molecule has 0 spiro atoms. The fraction of sp³-hybridized carbons (Fsp3) is 0.333. The fourth-order valence-corrected chi connectivity index (χ4v) is 2.16. The van der Waals surface area contributed by atoms with Crippen LogP contribution >= 0.6 is 0 Å². The van der Waals surface area contributed by atoms with E-state index in [2.05, 4.69) is 32.5 Å². The summed E-state index contributed by atoms with van der Waals surface area (Å²) >= 11 is 0. The van der Waals surface area contributed by atoms with Gasteiger partial charge >= 0.3 is 0 Å². The molecule has 2 rings (SSSR count). The van der Waals surface area contributed by atoms with Crippen molar-refractivity contribution in [3.63, 3.8) is 0 Å². The Morgan fingerprint density at radius 3 is 2.43 bits per heavy atom. The van der Waals surface area contributed by atoms with Crippen LogP contribution in [0.15, 0.2) is 36.4 Å². The Hall–Kier alpha value is -2.18. The quantitative estimate of drug-likeness (QED) is 0.555. The maximum Gasteiger partial charge on any atom is 0.163 e. The summed E-state index contributed by atoms with van der Waals surface area (Å²) < 4.78 is 0. The van der Waals surface area contributed by atoms with E-state index in [1.165, 1.54) is 0 Å². The maximum atomic E-state index is 5.50. The monoisotopic (exact) mass is 286 g/mol. The number of anilines is 2. The minimum absolute atomic E-state index is 0.268. The summed E-state index contributed by atoms with van der Waals surface area (Å²) in [4.78, 5) is 11.1. The highest BCUT2D eigenvalue weighted by Gasteiger charge is 2.09. The summed E-state index contributed by atoms with van der Waals surface area (Å²) in [5, 5.41) is 3.37. The van der Waals surface area contributed by atoms with Crippen LogP contribution in [0.2, 0.25) is 0 Å². The van der Waals surface area contributed by atoms with Crippen molar-refractivity contribution in [2.24, 2.45) is 5.84 Å². The summed E-state index contributed by atoms with van der Waals surface area (Å²) in [6.45, 7) is 3.02. The molecule has 1 aromatic carbocycles. The maximum absolute atomic E-state index is 5.50. The standard InChI is InChI=1S/C15H22N6/c1-11(10-21(2)3)17-13-9-14(20-16)19-15(18-13)12-7-5-4-6-8-12/h4-9,11H,10,16H2,1-3H3,(H2,17,18,19,20). The van der Waals surface area contributed by atoms with Gasteiger partial charge in [-0.3, -0.25) is 0 Å². The third-order valence-corrected chi connectivity index (χ3v) is 2.94. The largest absolute Gasteiger partial charge is 0.366 e. The Bertz CT molecular complexity index is 570.